The third-order valence-electron chi connectivity index (χ3n) is 6.36. The van der Waals surface area contributed by atoms with Crippen molar-refractivity contribution in [3.05, 3.63) is 58.9 Å². The highest BCUT2D eigenvalue weighted by Crippen LogP contribution is 2.39. The first-order valence-electron chi connectivity index (χ1n) is 11.8. The molecule has 1 aliphatic heterocycles. The van der Waals surface area contributed by atoms with E-state index in [2.05, 4.69) is 30.1 Å². The molecule has 0 aliphatic carbocycles. The maximum atomic E-state index is 14.0. The summed E-state index contributed by atoms with van der Waals surface area (Å²) in [6.07, 6.45) is -3.04. The SMILES string of the molecule is Cn1nnc2c(C#N)nc(-c3ccc(OCCN4CCN(c5ccc(Cl)cn5)CC4)c(C(F)(F)F)c3)cc21. The van der Waals surface area contributed by atoms with E-state index in [1.807, 2.05) is 12.1 Å². The van der Waals surface area contributed by atoms with Crippen LogP contribution in [0, 0.1) is 11.3 Å². The number of halogens is 4. The Hall–Kier alpha value is -3.95. The van der Waals surface area contributed by atoms with E-state index in [-0.39, 0.29) is 29.3 Å². The van der Waals surface area contributed by atoms with Gasteiger partial charge in [0.15, 0.2) is 5.69 Å². The van der Waals surface area contributed by atoms with Gasteiger partial charge in [-0.2, -0.15) is 18.4 Å². The van der Waals surface area contributed by atoms with Crippen LogP contribution in [0.5, 0.6) is 5.75 Å². The van der Waals surface area contributed by atoms with Crippen LogP contribution in [0.4, 0.5) is 19.0 Å². The van der Waals surface area contributed by atoms with Crippen LogP contribution in [0.1, 0.15) is 11.3 Å². The van der Waals surface area contributed by atoms with Crippen molar-refractivity contribution in [3.63, 3.8) is 0 Å². The summed E-state index contributed by atoms with van der Waals surface area (Å²) >= 11 is 5.90. The lowest BCUT2D eigenvalue weighted by Crippen LogP contribution is -2.47. The first kappa shape index (κ1) is 25.7. The fourth-order valence-corrected chi connectivity index (χ4v) is 4.44. The molecule has 1 fully saturated rings. The summed E-state index contributed by atoms with van der Waals surface area (Å²) in [5.74, 6) is 0.587. The van der Waals surface area contributed by atoms with Crippen molar-refractivity contribution < 1.29 is 17.9 Å². The van der Waals surface area contributed by atoms with Gasteiger partial charge >= 0.3 is 6.18 Å². The molecule has 13 heteroatoms. The molecule has 0 bridgehead atoms. The summed E-state index contributed by atoms with van der Waals surface area (Å²) in [5.41, 5.74) is 0.289. The van der Waals surface area contributed by atoms with Crippen LogP contribution in [0.15, 0.2) is 42.6 Å². The lowest BCUT2D eigenvalue weighted by atomic mass is 10.1. The predicted octanol–water partition coefficient (Wildman–Crippen LogP) is 4.17. The molecule has 4 heterocycles. The van der Waals surface area contributed by atoms with Gasteiger partial charge in [-0.25, -0.2) is 14.6 Å². The molecule has 0 saturated carbocycles. The largest absolute Gasteiger partial charge is 0.492 e. The Labute approximate surface area is 221 Å². The minimum Gasteiger partial charge on any atom is -0.492 e. The molecule has 1 saturated heterocycles. The fourth-order valence-electron chi connectivity index (χ4n) is 4.33. The normalized spacial score (nSPS) is 14.6. The molecular weight excluding hydrogens is 521 g/mol. The number of ether oxygens (including phenoxy) is 1. The molecule has 38 heavy (non-hydrogen) atoms. The van der Waals surface area contributed by atoms with Gasteiger partial charge in [-0.15, -0.1) is 5.10 Å². The first-order valence-corrected chi connectivity index (χ1v) is 12.1. The van der Waals surface area contributed by atoms with E-state index in [0.29, 0.717) is 22.6 Å². The van der Waals surface area contributed by atoms with Gasteiger partial charge in [-0.3, -0.25) is 4.90 Å². The van der Waals surface area contributed by atoms with Gasteiger partial charge in [0.25, 0.3) is 0 Å². The highest BCUT2D eigenvalue weighted by Gasteiger charge is 2.35. The molecule has 196 valence electrons. The van der Waals surface area contributed by atoms with Crippen molar-refractivity contribution in [2.75, 3.05) is 44.2 Å². The highest BCUT2D eigenvalue weighted by atomic mass is 35.5. The molecule has 4 aromatic rings. The van der Waals surface area contributed by atoms with Gasteiger partial charge in [-0.05, 0) is 36.4 Å². The Morgan fingerprint density at radius 3 is 2.58 bits per heavy atom. The van der Waals surface area contributed by atoms with Gasteiger partial charge in [0.05, 0.1) is 21.8 Å². The molecule has 5 rings (SSSR count). The smallest absolute Gasteiger partial charge is 0.419 e. The van der Waals surface area contributed by atoms with Gasteiger partial charge in [0.2, 0.25) is 0 Å². The van der Waals surface area contributed by atoms with Crippen molar-refractivity contribution >= 4 is 28.5 Å². The van der Waals surface area contributed by atoms with E-state index in [0.717, 1.165) is 38.1 Å². The summed E-state index contributed by atoms with van der Waals surface area (Å²) in [7, 11) is 1.63. The number of fused-ring (bicyclic) bond motifs is 1. The fraction of sp³-hybridized carbons (Fsp3) is 0.320. The molecule has 3 aromatic heterocycles. The molecule has 0 radical (unpaired) electrons. The van der Waals surface area contributed by atoms with Gasteiger partial charge in [0, 0.05) is 51.5 Å². The minimum absolute atomic E-state index is 0.00794. The van der Waals surface area contributed by atoms with Gasteiger partial charge < -0.3 is 9.64 Å². The number of alkyl halides is 3. The Balaban J connectivity index is 1.27. The van der Waals surface area contributed by atoms with Crippen molar-refractivity contribution in [2.24, 2.45) is 7.05 Å². The van der Waals surface area contributed by atoms with Crippen LogP contribution in [0.3, 0.4) is 0 Å². The molecule has 0 N–H and O–H groups in total. The van der Waals surface area contributed by atoms with Crippen LogP contribution in [-0.4, -0.2) is 69.2 Å². The average Bonchev–Trinajstić information content (AvgIpc) is 3.29. The maximum absolute atomic E-state index is 14.0. The lowest BCUT2D eigenvalue weighted by Gasteiger charge is -2.35. The van der Waals surface area contributed by atoms with E-state index >= 15 is 0 Å². The van der Waals surface area contributed by atoms with E-state index in [4.69, 9.17) is 16.3 Å². The van der Waals surface area contributed by atoms with Crippen LogP contribution >= 0.6 is 11.6 Å². The monoisotopic (exact) mass is 542 g/mol. The number of nitriles is 1. The number of anilines is 1. The number of aromatic nitrogens is 5. The molecule has 0 atom stereocenters. The second kappa shape index (κ2) is 10.4. The second-order valence-corrected chi connectivity index (χ2v) is 9.21. The van der Waals surface area contributed by atoms with Crippen LogP contribution in [0.2, 0.25) is 5.02 Å². The van der Waals surface area contributed by atoms with E-state index < -0.39 is 11.7 Å². The topological polar surface area (TPSA) is 96.0 Å². The number of pyridine rings is 2. The maximum Gasteiger partial charge on any atom is 0.419 e. The molecule has 0 amide bonds. The second-order valence-electron chi connectivity index (χ2n) is 8.77. The minimum atomic E-state index is -4.64. The summed E-state index contributed by atoms with van der Waals surface area (Å²) < 4.78 is 48.9. The van der Waals surface area contributed by atoms with Crippen molar-refractivity contribution in [1.29, 1.82) is 5.26 Å². The third-order valence-corrected chi connectivity index (χ3v) is 6.58. The number of hydrogen-bond donors (Lipinski definition) is 0. The average molecular weight is 543 g/mol. The van der Waals surface area contributed by atoms with Crippen LogP contribution < -0.4 is 9.64 Å². The number of nitrogens with zero attached hydrogens (tertiary/aromatic N) is 8. The Bertz CT molecular complexity index is 1490. The van der Waals surface area contributed by atoms with Gasteiger partial charge in [-0.1, -0.05) is 16.8 Å². The Morgan fingerprint density at radius 1 is 1.11 bits per heavy atom. The molecule has 0 spiro atoms. The van der Waals surface area contributed by atoms with Crippen molar-refractivity contribution in [3.8, 4) is 23.1 Å². The number of aryl methyl sites for hydroxylation is 1. The van der Waals surface area contributed by atoms with Crippen LogP contribution in [-0.2, 0) is 13.2 Å². The molecule has 1 aromatic carbocycles. The lowest BCUT2D eigenvalue weighted by molar-refractivity contribution is -0.138. The molecular formula is C25H22ClF3N8O. The van der Waals surface area contributed by atoms with E-state index in [1.54, 1.807) is 25.4 Å². The number of rotatable bonds is 6. The van der Waals surface area contributed by atoms with Crippen molar-refractivity contribution in [2.45, 2.75) is 6.18 Å². The van der Waals surface area contributed by atoms with Gasteiger partial charge in [0.1, 0.15) is 29.8 Å². The summed E-state index contributed by atoms with van der Waals surface area (Å²) in [6, 6.07) is 10.9. The zero-order valence-electron chi connectivity index (χ0n) is 20.3. The van der Waals surface area contributed by atoms with Crippen LogP contribution in [0.25, 0.3) is 22.3 Å². The summed E-state index contributed by atoms with van der Waals surface area (Å²) in [6.45, 7) is 3.54. The van der Waals surface area contributed by atoms with Crippen molar-refractivity contribution in [1.82, 2.24) is 29.9 Å². The standard InChI is InChI=1S/C25H22ClF3N8O/c1-35-21-13-19(32-20(14-30)24(21)33-34-35)16-2-4-22(18(12-16)25(27,28)29)38-11-10-36-6-8-37(9-7-36)23-5-3-17(26)15-31-23/h2-5,12-13,15H,6-11H2,1H3. The summed E-state index contributed by atoms with van der Waals surface area (Å²) in [4.78, 5) is 12.8. The molecule has 9 nitrogen and oxygen atoms in total. The number of piperazine rings is 1. The zero-order chi connectivity index (χ0) is 26.9. The Kier molecular flexibility index (Phi) is 7.05. The highest BCUT2D eigenvalue weighted by molar-refractivity contribution is 6.30. The quantitative estimate of drug-likeness (QED) is 0.358. The third kappa shape index (κ3) is 5.34. The number of benzene rings is 1. The first-order chi connectivity index (χ1) is 18.2. The molecule has 1 aliphatic rings. The molecule has 0 unspecified atom stereocenters. The van der Waals surface area contributed by atoms with E-state index in [1.165, 1.54) is 16.8 Å². The zero-order valence-corrected chi connectivity index (χ0v) is 21.0. The predicted molar refractivity (Wildman–Crippen MR) is 135 cm³/mol. The Morgan fingerprint density at radius 2 is 1.89 bits per heavy atom. The van der Waals surface area contributed by atoms with E-state index in [9.17, 15) is 18.4 Å². The number of hydrogen-bond acceptors (Lipinski definition) is 8. The summed E-state index contributed by atoms with van der Waals surface area (Å²) in [5, 5.41) is 17.8.